The molecular formula is C16H26N2O2. The van der Waals surface area contributed by atoms with Crippen LogP contribution in [-0.4, -0.2) is 29.7 Å². The number of benzene rings is 1. The second kappa shape index (κ2) is 7.90. The van der Waals surface area contributed by atoms with E-state index in [0.717, 1.165) is 17.9 Å². The standard InChI is InChI=1S/C16H26N2O2/c1-5-18(12(2)3)15-9-7-14(8-10-15)17-16(20)11-6-13(4)19/h7-10,12-13,19H,5-6,11H2,1-4H3,(H,17,20). The highest BCUT2D eigenvalue weighted by Gasteiger charge is 2.09. The molecule has 1 amide bonds. The van der Waals surface area contributed by atoms with Gasteiger partial charge < -0.3 is 15.3 Å². The fourth-order valence-electron chi connectivity index (χ4n) is 2.15. The van der Waals surface area contributed by atoms with Gasteiger partial charge in [-0.1, -0.05) is 0 Å². The van der Waals surface area contributed by atoms with Gasteiger partial charge in [-0.25, -0.2) is 0 Å². The molecule has 0 saturated carbocycles. The zero-order valence-electron chi connectivity index (χ0n) is 12.9. The fourth-order valence-corrected chi connectivity index (χ4v) is 2.15. The maximum Gasteiger partial charge on any atom is 0.224 e. The molecule has 0 fully saturated rings. The van der Waals surface area contributed by atoms with E-state index >= 15 is 0 Å². The summed E-state index contributed by atoms with van der Waals surface area (Å²) in [6, 6.07) is 8.33. The minimum atomic E-state index is -0.438. The maximum atomic E-state index is 11.7. The lowest BCUT2D eigenvalue weighted by atomic mass is 10.2. The van der Waals surface area contributed by atoms with E-state index in [1.165, 1.54) is 0 Å². The van der Waals surface area contributed by atoms with Crippen molar-refractivity contribution >= 4 is 17.3 Å². The van der Waals surface area contributed by atoms with Gasteiger partial charge in [-0.15, -0.1) is 0 Å². The highest BCUT2D eigenvalue weighted by Crippen LogP contribution is 2.20. The first-order chi connectivity index (χ1) is 9.43. The Kier molecular flexibility index (Phi) is 6.52. The Morgan fingerprint density at radius 1 is 1.25 bits per heavy atom. The van der Waals surface area contributed by atoms with Gasteiger partial charge in [-0.3, -0.25) is 4.79 Å². The number of aliphatic hydroxyl groups is 1. The average molecular weight is 278 g/mol. The topological polar surface area (TPSA) is 52.6 Å². The van der Waals surface area contributed by atoms with Gasteiger partial charge in [0.15, 0.2) is 0 Å². The molecule has 0 radical (unpaired) electrons. The molecule has 0 bridgehead atoms. The van der Waals surface area contributed by atoms with Crippen LogP contribution in [0.15, 0.2) is 24.3 Å². The summed E-state index contributed by atoms with van der Waals surface area (Å²) in [5.41, 5.74) is 1.95. The molecule has 1 unspecified atom stereocenters. The number of nitrogens with zero attached hydrogens (tertiary/aromatic N) is 1. The molecule has 0 heterocycles. The van der Waals surface area contributed by atoms with Gasteiger partial charge in [0, 0.05) is 30.4 Å². The molecule has 0 aliphatic rings. The van der Waals surface area contributed by atoms with E-state index in [2.05, 4.69) is 31.0 Å². The summed E-state index contributed by atoms with van der Waals surface area (Å²) in [5.74, 6) is -0.0603. The molecule has 1 aromatic carbocycles. The Balaban J connectivity index is 2.60. The number of nitrogens with one attached hydrogen (secondary N) is 1. The van der Waals surface area contributed by atoms with Crippen LogP contribution in [0, 0.1) is 0 Å². The fraction of sp³-hybridized carbons (Fsp3) is 0.562. The van der Waals surface area contributed by atoms with E-state index in [1.807, 2.05) is 24.3 Å². The maximum absolute atomic E-state index is 11.7. The van der Waals surface area contributed by atoms with Crippen LogP contribution >= 0.6 is 0 Å². The third-order valence-electron chi connectivity index (χ3n) is 3.24. The van der Waals surface area contributed by atoms with Crippen molar-refractivity contribution in [3.8, 4) is 0 Å². The number of aliphatic hydroxyl groups excluding tert-OH is 1. The van der Waals surface area contributed by atoms with E-state index in [0.29, 0.717) is 18.9 Å². The van der Waals surface area contributed by atoms with Crippen LogP contribution in [0.1, 0.15) is 40.5 Å². The second-order valence-electron chi connectivity index (χ2n) is 5.36. The lowest BCUT2D eigenvalue weighted by Crippen LogP contribution is -2.30. The Morgan fingerprint density at radius 3 is 2.30 bits per heavy atom. The van der Waals surface area contributed by atoms with Crippen molar-refractivity contribution in [1.29, 1.82) is 0 Å². The number of carbonyl (C=O) groups excluding carboxylic acids is 1. The lowest BCUT2D eigenvalue weighted by Gasteiger charge is -2.27. The van der Waals surface area contributed by atoms with Gasteiger partial charge in [0.05, 0.1) is 6.10 Å². The van der Waals surface area contributed by atoms with Gasteiger partial charge in [-0.05, 0) is 58.4 Å². The molecule has 4 heteroatoms. The normalized spacial score (nSPS) is 12.3. The summed E-state index contributed by atoms with van der Waals surface area (Å²) >= 11 is 0. The SMILES string of the molecule is CCN(c1ccc(NC(=O)CCC(C)O)cc1)C(C)C. The number of hydrogen-bond acceptors (Lipinski definition) is 3. The van der Waals surface area contributed by atoms with Crippen LogP contribution in [0.25, 0.3) is 0 Å². The summed E-state index contributed by atoms with van der Waals surface area (Å²) in [4.78, 5) is 14.0. The number of hydrogen-bond donors (Lipinski definition) is 2. The number of amides is 1. The smallest absolute Gasteiger partial charge is 0.224 e. The first-order valence-electron chi connectivity index (χ1n) is 7.28. The highest BCUT2D eigenvalue weighted by atomic mass is 16.3. The van der Waals surface area contributed by atoms with Crippen molar-refractivity contribution < 1.29 is 9.90 Å². The zero-order valence-corrected chi connectivity index (χ0v) is 12.9. The summed E-state index contributed by atoms with van der Waals surface area (Å²) in [5, 5.41) is 12.0. The first kappa shape index (κ1) is 16.5. The molecule has 1 rings (SSSR count). The summed E-state index contributed by atoms with van der Waals surface area (Å²) in [6.07, 6.45) is 0.389. The molecular weight excluding hydrogens is 252 g/mol. The van der Waals surface area contributed by atoms with Gasteiger partial charge in [0.2, 0.25) is 5.91 Å². The molecule has 0 saturated heterocycles. The second-order valence-corrected chi connectivity index (χ2v) is 5.36. The Labute approximate surface area is 121 Å². The highest BCUT2D eigenvalue weighted by molar-refractivity contribution is 5.90. The van der Waals surface area contributed by atoms with Gasteiger partial charge in [-0.2, -0.15) is 0 Å². The van der Waals surface area contributed by atoms with Gasteiger partial charge >= 0.3 is 0 Å². The summed E-state index contributed by atoms with van der Waals surface area (Å²) < 4.78 is 0. The molecule has 0 aromatic heterocycles. The van der Waals surface area contributed by atoms with Crippen molar-refractivity contribution in [1.82, 2.24) is 0 Å². The third kappa shape index (κ3) is 5.21. The summed E-state index contributed by atoms with van der Waals surface area (Å²) in [6.45, 7) is 9.10. The van der Waals surface area contributed by atoms with Crippen LogP contribution in [0.2, 0.25) is 0 Å². The van der Waals surface area contributed by atoms with E-state index in [1.54, 1.807) is 6.92 Å². The largest absolute Gasteiger partial charge is 0.393 e. The molecule has 0 aliphatic heterocycles. The number of anilines is 2. The van der Waals surface area contributed by atoms with Crippen LogP contribution in [0.3, 0.4) is 0 Å². The van der Waals surface area contributed by atoms with Crippen molar-refractivity contribution in [3.05, 3.63) is 24.3 Å². The molecule has 20 heavy (non-hydrogen) atoms. The van der Waals surface area contributed by atoms with E-state index in [9.17, 15) is 4.79 Å². The van der Waals surface area contributed by atoms with Crippen molar-refractivity contribution in [2.45, 2.75) is 52.7 Å². The minimum absolute atomic E-state index is 0.0603. The monoisotopic (exact) mass is 278 g/mol. The number of rotatable bonds is 7. The predicted molar refractivity (Wildman–Crippen MR) is 84.1 cm³/mol. The van der Waals surface area contributed by atoms with E-state index in [4.69, 9.17) is 5.11 Å². The van der Waals surface area contributed by atoms with Crippen LogP contribution in [-0.2, 0) is 4.79 Å². The summed E-state index contributed by atoms with van der Waals surface area (Å²) in [7, 11) is 0. The molecule has 4 nitrogen and oxygen atoms in total. The zero-order chi connectivity index (χ0) is 15.1. The van der Waals surface area contributed by atoms with Gasteiger partial charge in [0.1, 0.15) is 0 Å². The quantitative estimate of drug-likeness (QED) is 0.806. The molecule has 2 N–H and O–H groups in total. The number of carbonyl (C=O) groups is 1. The Morgan fingerprint density at radius 2 is 1.85 bits per heavy atom. The van der Waals surface area contributed by atoms with Gasteiger partial charge in [0.25, 0.3) is 0 Å². The molecule has 112 valence electrons. The first-order valence-corrected chi connectivity index (χ1v) is 7.28. The van der Waals surface area contributed by atoms with Crippen molar-refractivity contribution in [3.63, 3.8) is 0 Å². The minimum Gasteiger partial charge on any atom is -0.393 e. The van der Waals surface area contributed by atoms with Crippen LogP contribution in [0.5, 0.6) is 0 Å². The Bertz CT molecular complexity index is 413. The molecule has 1 atom stereocenters. The molecule has 0 spiro atoms. The van der Waals surface area contributed by atoms with Crippen LogP contribution < -0.4 is 10.2 Å². The lowest BCUT2D eigenvalue weighted by molar-refractivity contribution is -0.116. The Hall–Kier alpha value is -1.55. The molecule has 1 aromatic rings. The third-order valence-corrected chi connectivity index (χ3v) is 3.24. The average Bonchev–Trinajstić information content (AvgIpc) is 2.39. The van der Waals surface area contributed by atoms with Crippen molar-refractivity contribution in [2.24, 2.45) is 0 Å². The van der Waals surface area contributed by atoms with E-state index in [-0.39, 0.29) is 5.91 Å². The molecule has 0 aliphatic carbocycles. The van der Waals surface area contributed by atoms with Crippen molar-refractivity contribution in [2.75, 3.05) is 16.8 Å². The predicted octanol–water partition coefficient (Wildman–Crippen LogP) is 3.02. The van der Waals surface area contributed by atoms with E-state index < -0.39 is 6.10 Å². The van der Waals surface area contributed by atoms with Crippen LogP contribution in [0.4, 0.5) is 11.4 Å².